The topological polar surface area (TPSA) is 85.8 Å². The van der Waals surface area contributed by atoms with Crippen LogP contribution in [-0.2, 0) is 11.2 Å². The Balaban J connectivity index is 1.99. The number of carbonyl (C=O) groups is 1. The van der Waals surface area contributed by atoms with Crippen molar-refractivity contribution in [2.75, 3.05) is 11.2 Å². The van der Waals surface area contributed by atoms with Gasteiger partial charge in [-0.25, -0.2) is 4.68 Å². The maximum absolute atomic E-state index is 12.1. The van der Waals surface area contributed by atoms with E-state index < -0.39 is 0 Å². The number of benzene rings is 1. The smallest absolute Gasteiger partial charge is 0.237 e. The molecule has 1 atom stereocenters. The second-order valence-corrected chi connectivity index (χ2v) is 5.55. The normalized spacial score (nSPS) is 12.1. The number of thioether (sulfide) groups is 1. The predicted molar refractivity (Wildman–Crippen MR) is 79.9 cm³/mol. The van der Waals surface area contributed by atoms with Crippen molar-refractivity contribution in [2.24, 2.45) is 0 Å². The Hall–Kier alpha value is -2.02. The average molecular weight is 291 g/mol. The first kappa shape index (κ1) is 14.4. The molecular weight excluding hydrogens is 274 g/mol. The molecule has 0 aliphatic rings. The molecule has 1 aromatic heterocycles. The van der Waals surface area contributed by atoms with E-state index in [1.54, 1.807) is 0 Å². The molecule has 1 amide bonds. The van der Waals surface area contributed by atoms with Crippen LogP contribution in [-0.4, -0.2) is 26.0 Å². The summed E-state index contributed by atoms with van der Waals surface area (Å²) in [5.41, 5.74) is 0.772. The molecule has 0 bridgehead atoms. The van der Waals surface area contributed by atoms with Gasteiger partial charge in [-0.3, -0.25) is 4.79 Å². The first-order chi connectivity index (χ1) is 9.61. The van der Waals surface area contributed by atoms with E-state index in [4.69, 9.17) is 5.84 Å². The zero-order valence-electron chi connectivity index (χ0n) is 11.4. The molecule has 6 nitrogen and oxygen atoms in total. The molecule has 0 aliphatic heterocycles. The Morgan fingerprint density at radius 3 is 2.70 bits per heavy atom. The first-order valence-corrected chi connectivity index (χ1v) is 7.21. The summed E-state index contributed by atoms with van der Waals surface area (Å²) in [6, 6.07) is 9.33. The molecule has 0 aliphatic carbocycles. The van der Waals surface area contributed by atoms with Gasteiger partial charge in [0.1, 0.15) is 0 Å². The molecule has 106 valence electrons. The first-order valence-electron chi connectivity index (χ1n) is 6.33. The van der Waals surface area contributed by atoms with Gasteiger partial charge in [0.15, 0.2) is 5.82 Å². The van der Waals surface area contributed by atoms with Crippen LogP contribution in [0.5, 0.6) is 0 Å². The summed E-state index contributed by atoms with van der Waals surface area (Å²) in [4.78, 5) is 12.1. The maximum atomic E-state index is 12.1. The lowest BCUT2D eigenvalue weighted by atomic mass is 10.3. The molecule has 2 rings (SSSR count). The number of anilines is 1. The number of para-hydroxylation sites is 1. The van der Waals surface area contributed by atoms with E-state index in [1.807, 2.05) is 44.2 Å². The van der Waals surface area contributed by atoms with Crippen molar-refractivity contribution in [3.05, 3.63) is 36.2 Å². The molecule has 0 saturated carbocycles. The van der Waals surface area contributed by atoms with E-state index in [2.05, 4.69) is 15.5 Å². The number of carbonyl (C=O) groups excluding carboxylic acids is 1. The third kappa shape index (κ3) is 3.30. The number of nitrogens with zero attached hydrogens (tertiary/aromatic N) is 3. The van der Waals surface area contributed by atoms with Gasteiger partial charge in [-0.1, -0.05) is 36.9 Å². The van der Waals surface area contributed by atoms with Gasteiger partial charge >= 0.3 is 0 Å². The van der Waals surface area contributed by atoms with Crippen LogP contribution in [0.1, 0.15) is 19.7 Å². The highest BCUT2D eigenvalue weighted by molar-refractivity contribution is 8.00. The summed E-state index contributed by atoms with van der Waals surface area (Å²) in [6.45, 7) is 3.76. The minimum absolute atomic E-state index is 0.0951. The van der Waals surface area contributed by atoms with Gasteiger partial charge in [-0.05, 0) is 19.1 Å². The number of amides is 1. The SMILES string of the molecule is CCc1nnc(S[C@H](C)C(=O)Nc2ccccc2)n1N. The van der Waals surface area contributed by atoms with Crippen LogP contribution < -0.4 is 11.2 Å². The highest BCUT2D eigenvalue weighted by atomic mass is 32.2. The molecule has 0 saturated heterocycles. The van der Waals surface area contributed by atoms with Crippen molar-refractivity contribution in [2.45, 2.75) is 30.7 Å². The molecule has 1 aromatic carbocycles. The lowest BCUT2D eigenvalue weighted by molar-refractivity contribution is -0.115. The van der Waals surface area contributed by atoms with Gasteiger partial charge in [0.25, 0.3) is 0 Å². The zero-order valence-corrected chi connectivity index (χ0v) is 12.2. The van der Waals surface area contributed by atoms with E-state index in [0.717, 1.165) is 5.69 Å². The molecular formula is C13H17N5OS. The number of nitrogens with one attached hydrogen (secondary N) is 1. The molecule has 0 spiro atoms. The molecule has 2 aromatic rings. The van der Waals surface area contributed by atoms with E-state index >= 15 is 0 Å². The standard InChI is InChI=1S/C13H17N5OS/c1-3-11-16-17-13(18(11)14)20-9(2)12(19)15-10-7-5-4-6-8-10/h4-9H,3,14H2,1-2H3,(H,15,19)/t9-/m1/s1. The molecule has 7 heteroatoms. The predicted octanol–water partition coefficient (Wildman–Crippen LogP) is 1.67. The Bertz CT molecular complexity index is 584. The Labute approximate surface area is 121 Å². The summed E-state index contributed by atoms with van der Waals surface area (Å²) in [7, 11) is 0. The maximum Gasteiger partial charge on any atom is 0.237 e. The molecule has 0 fully saturated rings. The number of aromatic nitrogens is 3. The third-order valence-electron chi connectivity index (χ3n) is 2.74. The molecule has 0 unspecified atom stereocenters. The number of nitrogen functional groups attached to an aromatic ring is 1. The lowest BCUT2D eigenvalue weighted by Crippen LogP contribution is -2.23. The van der Waals surface area contributed by atoms with Gasteiger partial charge in [0.2, 0.25) is 11.1 Å². The Morgan fingerprint density at radius 2 is 2.10 bits per heavy atom. The molecule has 20 heavy (non-hydrogen) atoms. The molecule has 0 radical (unpaired) electrons. The summed E-state index contributed by atoms with van der Waals surface area (Å²) in [6.07, 6.45) is 0.703. The highest BCUT2D eigenvalue weighted by Gasteiger charge is 2.18. The highest BCUT2D eigenvalue weighted by Crippen LogP contribution is 2.22. The molecule has 3 N–H and O–H groups in total. The van der Waals surface area contributed by atoms with Crippen LogP contribution in [0.25, 0.3) is 0 Å². The van der Waals surface area contributed by atoms with Crippen LogP contribution in [0.2, 0.25) is 0 Å². The number of aryl methyl sites for hydroxylation is 1. The monoisotopic (exact) mass is 291 g/mol. The van der Waals surface area contributed by atoms with Crippen molar-refractivity contribution in [1.29, 1.82) is 0 Å². The fourth-order valence-corrected chi connectivity index (χ4v) is 2.39. The Morgan fingerprint density at radius 1 is 1.40 bits per heavy atom. The van der Waals surface area contributed by atoms with Crippen molar-refractivity contribution in [1.82, 2.24) is 14.9 Å². The van der Waals surface area contributed by atoms with E-state index in [9.17, 15) is 4.79 Å². The minimum Gasteiger partial charge on any atom is -0.336 e. The van der Waals surface area contributed by atoms with Crippen LogP contribution in [0.15, 0.2) is 35.5 Å². The van der Waals surface area contributed by atoms with E-state index in [0.29, 0.717) is 17.4 Å². The van der Waals surface area contributed by atoms with Gasteiger partial charge in [-0.2, -0.15) is 0 Å². The van der Waals surface area contributed by atoms with Crippen molar-refractivity contribution >= 4 is 23.4 Å². The Kier molecular flexibility index (Phi) is 4.62. The zero-order chi connectivity index (χ0) is 14.5. The fourth-order valence-electron chi connectivity index (χ4n) is 1.61. The van der Waals surface area contributed by atoms with Gasteiger partial charge in [0, 0.05) is 12.1 Å². The quantitative estimate of drug-likeness (QED) is 0.646. The summed E-state index contributed by atoms with van der Waals surface area (Å²) in [5.74, 6) is 6.46. The van der Waals surface area contributed by atoms with Crippen LogP contribution in [0, 0.1) is 0 Å². The summed E-state index contributed by atoms with van der Waals surface area (Å²) < 4.78 is 1.43. The van der Waals surface area contributed by atoms with E-state index in [-0.39, 0.29) is 11.2 Å². The van der Waals surface area contributed by atoms with Crippen molar-refractivity contribution in [3.8, 4) is 0 Å². The largest absolute Gasteiger partial charge is 0.336 e. The number of hydrogen-bond donors (Lipinski definition) is 2. The second kappa shape index (κ2) is 6.42. The minimum atomic E-state index is -0.314. The van der Waals surface area contributed by atoms with Crippen molar-refractivity contribution < 1.29 is 4.79 Å². The number of nitrogens with two attached hydrogens (primary N) is 1. The number of rotatable bonds is 5. The lowest BCUT2D eigenvalue weighted by Gasteiger charge is -2.11. The van der Waals surface area contributed by atoms with Crippen LogP contribution in [0.4, 0.5) is 5.69 Å². The molecule has 1 heterocycles. The summed E-state index contributed by atoms with van der Waals surface area (Å²) in [5, 5.41) is 11.0. The van der Waals surface area contributed by atoms with E-state index in [1.165, 1.54) is 16.4 Å². The number of hydrogen-bond acceptors (Lipinski definition) is 5. The van der Waals surface area contributed by atoms with Gasteiger partial charge in [0.05, 0.1) is 5.25 Å². The summed E-state index contributed by atoms with van der Waals surface area (Å²) >= 11 is 1.29. The van der Waals surface area contributed by atoms with Crippen LogP contribution in [0.3, 0.4) is 0 Å². The fraction of sp³-hybridized carbons (Fsp3) is 0.308. The van der Waals surface area contributed by atoms with Gasteiger partial charge in [-0.15, -0.1) is 10.2 Å². The second-order valence-electron chi connectivity index (χ2n) is 4.24. The average Bonchev–Trinajstić information content (AvgIpc) is 2.80. The van der Waals surface area contributed by atoms with Crippen LogP contribution >= 0.6 is 11.8 Å². The van der Waals surface area contributed by atoms with Gasteiger partial charge < -0.3 is 11.2 Å². The third-order valence-corrected chi connectivity index (χ3v) is 3.80. The van der Waals surface area contributed by atoms with Crippen molar-refractivity contribution in [3.63, 3.8) is 0 Å².